The molecule has 0 saturated heterocycles. The second kappa shape index (κ2) is 6.42. The van der Waals surface area contributed by atoms with Gasteiger partial charge in [0.2, 0.25) is 0 Å². The van der Waals surface area contributed by atoms with E-state index in [1.165, 1.54) is 12.1 Å². The molecule has 1 aromatic heterocycles. The molecule has 0 unspecified atom stereocenters. The lowest BCUT2D eigenvalue weighted by molar-refractivity contribution is 0.0953. The number of amides is 1. The Bertz CT molecular complexity index is 766. The van der Waals surface area contributed by atoms with Crippen LogP contribution >= 0.6 is 23.2 Å². The van der Waals surface area contributed by atoms with Crippen LogP contribution < -0.4 is 5.43 Å². The van der Waals surface area contributed by atoms with Crippen LogP contribution in [-0.2, 0) is 0 Å². The fraction of sp³-hybridized carbons (Fsp3) is 0.200. The molecule has 22 heavy (non-hydrogen) atoms. The van der Waals surface area contributed by atoms with Crippen LogP contribution in [0, 0.1) is 13.8 Å². The van der Waals surface area contributed by atoms with E-state index in [1.807, 2.05) is 0 Å². The van der Waals surface area contributed by atoms with Gasteiger partial charge in [0, 0.05) is 10.6 Å². The Balaban J connectivity index is 2.23. The maximum Gasteiger partial charge on any atom is 0.274 e. The summed E-state index contributed by atoms with van der Waals surface area (Å²) in [5.74, 6) is 0.609. The number of carbonyl (C=O) groups is 1. The Morgan fingerprint density at radius 3 is 2.50 bits per heavy atom. The van der Waals surface area contributed by atoms with Crippen LogP contribution in [-0.4, -0.2) is 16.7 Å². The number of halogens is 2. The fourth-order valence-electron chi connectivity index (χ4n) is 1.95. The first kappa shape index (κ1) is 16.4. The van der Waals surface area contributed by atoms with E-state index < -0.39 is 5.91 Å². The lowest BCUT2D eigenvalue weighted by Crippen LogP contribution is -2.19. The molecule has 116 valence electrons. The highest BCUT2D eigenvalue weighted by Gasteiger charge is 2.14. The van der Waals surface area contributed by atoms with Gasteiger partial charge in [0.25, 0.3) is 5.91 Å². The Morgan fingerprint density at radius 2 is 1.91 bits per heavy atom. The minimum Gasteiger partial charge on any atom is -0.506 e. The van der Waals surface area contributed by atoms with Gasteiger partial charge in [0.15, 0.2) is 0 Å². The molecule has 0 aliphatic rings. The first-order valence-electron chi connectivity index (χ1n) is 6.39. The van der Waals surface area contributed by atoms with E-state index in [0.29, 0.717) is 33.4 Å². The minimum atomic E-state index is -0.402. The van der Waals surface area contributed by atoms with Crippen molar-refractivity contribution in [2.24, 2.45) is 5.10 Å². The summed E-state index contributed by atoms with van der Waals surface area (Å²) in [4.78, 5) is 12.0. The molecule has 0 saturated carbocycles. The van der Waals surface area contributed by atoms with Crippen molar-refractivity contribution in [2.45, 2.75) is 20.8 Å². The average molecular weight is 341 g/mol. The average Bonchev–Trinajstić information content (AvgIpc) is 2.78. The zero-order valence-electron chi connectivity index (χ0n) is 12.2. The maximum atomic E-state index is 12.0. The number of carbonyl (C=O) groups excluding carboxylic acids is 1. The van der Waals surface area contributed by atoms with Gasteiger partial charge in [0.1, 0.15) is 17.3 Å². The zero-order chi connectivity index (χ0) is 16.4. The fourth-order valence-corrected chi connectivity index (χ4v) is 2.45. The van der Waals surface area contributed by atoms with Gasteiger partial charge in [-0.15, -0.1) is 0 Å². The predicted octanol–water partition coefficient (Wildman–Crippen LogP) is 4.06. The molecule has 0 aliphatic heterocycles. The molecule has 5 nitrogen and oxygen atoms in total. The van der Waals surface area contributed by atoms with E-state index >= 15 is 0 Å². The van der Waals surface area contributed by atoms with Crippen molar-refractivity contribution in [3.8, 4) is 5.75 Å². The molecular formula is C15H14Cl2N2O3. The second-order valence-electron chi connectivity index (χ2n) is 4.75. The first-order chi connectivity index (χ1) is 10.3. The van der Waals surface area contributed by atoms with E-state index in [-0.39, 0.29) is 10.8 Å². The van der Waals surface area contributed by atoms with Crippen LogP contribution in [0.1, 0.15) is 34.4 Å². The summed E-state index contributed by atoms with van der Waals surface area (Å²) in [7, 11) is 0. The van der Waals surface area contributed by atoms with Gasteiger partial charge >= 0.3 is 0 Å². The molecule has 0 radical (unpaired) electrons. The molecule has 0 atom stereocenters. The summed E-state index contributed by atoms with van der Waals surface area (Å²) in [6.45, 7) is 5.07. The second-order valence-corrected chi connectivity index (χ2v) is 5.59. The number of phenolic OH excluding ortho intramolecular Hbond substituents is 1. The Hall–Kier alpha value is -1.98. The molecule has 2 rings (SSSR count). The van der Waals surface area contributed by atoms with E-state index in [2.05, 4.69) is 10.5 Å². The number of hydrogen-bond acceptors (Lipinski definition) is 4. The molecule has 1 amide bonds. The number of phenols is 1. The normalized spacial score (nSPS) is 11.6. The van der Waals surface area contributed by atoms with Crippen molar-refractivity contribution in [1.82, 2.24) is 5.43 Å². The summed E-state index contributed by atoms with van der Waals surface area (Å²) in [5, 5.41) is 14.4. The summed E-state index contributed by atoms with van der Waals surface area (Å²) in [6, 6.07) is 4.57. The Labute approximate surface area is 137 Å². The smallest absolute Gasteiger partial charge is 0.274 e. The molecule has 1 heterocycles. The number of furan rings is 1. The van der Waals surface area contributed by atoms with Gasteiger partial charge in [-0.25, -0.2) is 5.43 Å². The van der Waals surface area contributed by atoms with Crippen molar-refractivity contribution in [3.63, 3.8) is 0 Å². The molecule has 1 aromatic carbocycles. The van der Waals surface area contributed by atoms with Crippen molar-refractivity contribution >= 4 is 34.8 Å². The monoisotopic (exact) mass is 340 g/mol. The standard InChI is InChI=1S/C15H14Cl2N2O3/c1-7-4-12(9(3)22-7)15(21)19-18-8(2)11-5-10(16)6-13(17)14(11)20/h4-6,20H,1-3H3,(H,19,21)/b18-8+. The van der Waals surface area contributed by atoms with Crippen LogP contribution in [0.4, 0.5) is 0 Å². The van der Waals surface area contributed by atoms with Gasteiger partial charge in [-0.05, 0) is 39.0 Å². The van der Waals surface area contributed by atoms with E-state index in [0.717, 1.165) is 0 Å². The summed E-state index contributed by atoms with van der Waals surface area (Å²) < 4.78 is 5.29. The van der Waals surface area contributed by atoms with Crippen LogP contribution in [0.2, 0.25) is 10.0 Å². The highest BCUT2D eigenvalue weighted by molar-refractivity contribution is 6.36. The third-order valence-corrected chi connectivity index (χ3v) is 3.54. The third kappa shape index (κ3) is 3.43. The van der Waals surface area contributed by atoms with E-state index in [4.69, 9.17) is 27.6 Å². The van der Waals surface area contributed by atoms with E-state index in [9.17, 15) is 9.90 Å². The summed E-state index contributed by atoms with van der Waals surface area (Å²) in [6.07, 6.45) is 0. The number of hydrazone groups is 1. The highest BCUT2D eigenvalue weighted by atomic mass is 35.5. The number of hydrogen-bond donors (Lipinski definition) is 2. The number of rotatable bonds is 3. The van der Waals surface area contributed by atoms with Gasteiger partial charge in [0.05, 0.1) is 16.3 Å². The molecule has 7 heteroatoms. The largest absolute Gasteiger partial charge is 0.506 e. The molecule has 0 fully saturated rings. The highest BCUT2D eigenvalue weighted by Crippen LogP contribution is 2.31. The van der Waals surface area contributed by atoms with Gasteiger partial charge in [-0.3, -0.25) is 4.79 Å². The van der Waals surface area contributed by atoms with Crippen molar-refractivity contribution in [2.75, 3.05) is 0 Å². The SMILES string of the molecule is C/C(=N\NC(=O)c1cc(C)oc1C)c1cc(Cl)cc(Cl)c1O. The first-order valence-corrected chi connectivity index (χ1v) is 7.15. The van der Waals surface area contributed by atoms with Crippen LogP contribution in [0.5, 0.6) is 5.75 Å². The van der Waals surface area contributed by atoms with Crippen LogP contribution in [0.3, 0.4) is 0 Å². The molecule has 0 spiro atoms. The molecule has 2 aromatic rings. The van der Waals surface area contributed by atoms with Crippen molar-refractivity contribution in [3.05, 3.63) is 50.9 Å². The number of nitrogens with one attached hydrogen (secondary N) is 1. The van der Waals surface area contributed by atoms with Gasteiger partial charge in [-0.2, -0.15) is 5.10 Å². The Kier molecular flexibility index (Phi) is 4.78. The molecule has 2 N–H and O–H groups in total. The van der Waals surface area contributed by atoms with Crippen molar-refractivity contribution < 1.29 is 14.3 Å². The third-order valence-electron chi connectivity index (χ3n) is 3.03. The van der Waals surface area contributed by atoms with Gasteiger partial charge in [-0.1, -0.05) is 23.2 Å². The minimum absolute atomic E-state index is 0.115. The molecular weight excluding hydrogens is 327 g/mol. The maximum absolute atomic E-state index is 12.0. The summed E-state index contributed by atoms with van der Waals surface area (Å²) in [5.41, 5.74) is 3.53. The van der Waals surface area contributed by atoms with Gasteiger partial charge < -0.3 is 9.52 Å². The number of aryl methyl sites for hydroxylation is 2. The van der Waals surface area contributed by atoms with E-state index in [1.54, 1.807) is 26.8 Å². The molecule has 0 bridgehead atoms. The predicted molar refractivity (Wildman–Crippen MR) is 86.0 cm³/mol. The zero-order valence-corrected chi connectivity index (χ0v) is 13.7. The number of nitrogens with zero attached hydrogens (tertiary/aromatic N) is 1. The van der Waals surface area contributed by atoms with Crippen LogP contribution in [0.25, 0.3) is 0 Å². The van der Waals surface area contributed by atoms with Crippen molar-refractivity contribution in [1.29, 1.82) is 0 Å². The number of aromatic hydroxyl groups is 1. The molecule has 0 aliphatic carbocycles. The lowest BCUT2D eigenvalue weighted by atomic mass is 10.1. The Morgan fingerprint density at radius 1 is 1.23 bits per heavy atom. The summed E-state index contributed by atoms with van der Waals surface area (Å²) >= 11 is 11.8. The van der Waals surface area contributed by atoms with Crippen LogP contribution in [0.15, 0.2) is 27.7 Å². The quantitative estimate of drug-likeness (QED) is 0.653. The topological polar surface area (TPSA) is 74.8 Å². The number of benzene rings is 1. The lowest BCUT2D eigenvalue weighted by Gasteiger charge is -2.07.